The zero-order valence-corrected chi connectivity index (χ0v) is 18.9. The van der Waals surface area contributed by atoms with Crippen LogP contribution in [0.1, 0.15) is 11.4 Å². The van der Waals surface area contributed by atoms with E-state index in [4.69, 9.17) is 5.10 Å². The van der Waals surface area contributed by atoms with Crippen molar-refractivity contribution < 1.29 is 4.79 Å². The van der Waals surface area contributed by atoms with E-state index in [0.29, 0.717) is 6.54 Å². The predicted octanol–water partition coefficient (Wildman–Crippen LogP) is 4.01. The smallest absolute Gasteiger partial charge is 0.238 e. The molecular weight excluding hydrogens is 442 g/mol. The van der Waals surface area contributed by atoms with E-state index in [9.17, 15) is 4.79 Å². The molecule has 1 saturated heterocycles. The van der Waals surface area contributed by atoms with E-state index >= 15 is 0 Å². The van der Waals surface area contributed by atoms with Crippen LogP contribution < -0.4 is 10.2 Å². The summed E-state index contributed by atoms with van der Waals surface area (Å²) in [6, 6.07) is 17.9. The van der Waals surface area contributed by atoms with Crippen LogP contribution in [-0.2, 0) is 4.79 Å². The summed E-state index contributed by atoms with van der Waals surface area (Å²) < 4.78 is 3.01. The van der Waals surface area contributed by atoms with E-state index in [2.05, 4.69) is 57.0 Å². The Bertz CT molecular complexity index is 1010. The molecule has 0 radical (unpaired) electrons. The number of anilines is 2. The lowest BCUT2D eigenvalue weighted by atomic mass is 10.2. The second kappa shape index (κ2) is 9.02. The standard InChI is InChI=1S/C23H26BrN5O/c1-17-23(18(2)29(26-17)21-6-4-3-5-7-21)28-14-12-27(13-15-28)16-22(30)25-20-10-8-19(24)9-11-20/h3-11H,12-16H2,1-2H3,(H,25,30). The third kappa shape index (κ3) is 4.57. The molecule has 0 aliphatic carbocycles. The molecule has 0 atom stereocenters. The average Bonchev–Trinajstić information content (AvgIpc) is 3.05. The largest absolute Gasteiger partial charge is 0.366 e. The number of aromatic nitrogens is 2. The van der Waals surface area contributed by atoms with Crippen LogP contribution in [0.3, 0.4) is 0 Å². The van der Waals surface area contributed by atoms with Gasteiger partial charge in [0.05, 0.1) is 29.3 Å². The molecule has 7 heteroatoms. The fraction of sp³-hybridized carbons (Fsp3) is 0.304. The summed E-state index contributed by atoms with van der Waals surface area (Å²) in [4.78, 5) is 17.0. The van der Waals surface area contributed by atoms with Gasteiger partial charge in [-0.05, 0) is 50.2 Å². The quantitative estimate of drug-likeness (QED) is 0.615. The molecule has 4 rings (SSSR count). The van der Waals surface area contributed by atoms with Gasteiger partial charge in [-0.2, -0.15) is 5.10 Å². The zero-order valence-electron chi connectivity index (χ0n) is 17.3. The molecule has 156 valence electrons. The van der Waals surface area contributed by atoms with Crippen molar-refractivity contribution in [2.24, 2.45) is 0 Å². The van der Waals surface area contributed by atoms with Gasteiger partial charge in [0.15, 0.2) is 0 Å². The highest BCUT2D eigenvalue weighted by molar-refractivity contribution is 9.10. The van der Waals surface area contributed by atoms with Gasteiger partial charge in [0.2, 0.25) is 5.91 Å². The lowest BCUT2D eigenvalue weighted by molar-refractivity contribution is -0.117. The molecule has 1 aromatic heterocycles. The molecule has 1 amide bonds. The molecular formula is C23H26BrN5O. The van der Waals surface area contributed by atoms with Gasteiger partial charge < -0.3 is 10.2 Å². The number of carbonyl (C=O) groups excluding carboxylic acids is 1. The topological polar surface area (TPSA) is 53.4 Å². The molecule has 2 heterocycles. The van der Waals surface area contributed by atoms with Crippen LogP contribution in [0.4, 0.5) is 11.4 Å². The number of nitrogens with zero attached hydrogens (tertiary/aromatic N) is 4. The summed E-state index contributed by atoms with van der Waals surface area (Å²) in [5.41, 5.74) is 5.30. The molecule has 6 nitrogen and oxygen atoms in total. The highest BCUT2D eigenvalue weighted by Gasteiger charge is 2.24. The Morgan fingerprint density at radius 1 is 1.00 bits per heavy atom. The predicted molar refractivity (Wildman–Crippen MR) is 124 cm³/mol. The van der Waals surface area contributed by atoms with Crippen molar-refractivity contribution in [3.63, 3.8) is 0 Å². The van der Waals surface area contributed by atoms with Crippen LogP contribution in [0.15, 0.2) is 59.1 Å². The Labute approximate surface area is 185 Å². The number of amides is 1. The fourth-order valence-electron chi connectivity index (χ4n) is 3.98. The molecule has 1 aliphatic heterocycles. The molecule has 1 fully saturated rings. The van der Waals surface area contributed by atoms with Gasteiger partial charge in [0, 0.05) is 36.3 Å². The number of halogens is 1. The van der Waals surface area contributed by atoms with Crippen molar-refractivity contribution in [1.29, 1.82) is 0 Å². The van der Waals surface area contributed by atoms with Gasteiger partial charge in [-0.15, -0.1) is 0 Å². The number of nitrogens with one attached hydrogen (secondary N) is 1. The number of carbonyl (C=O) groups is 1. The van der Waals surface area contributed by atoms with Crippen LogP contribution >= 0.6 is 15.9 Å². The summed E-state index contributed by atoms with van der Waals surface area (Å²) in [5, 5.41) is 7.74. The number of aryl methyl sites for hydroxylation is 1. The SMILES string of the molecule is Cc1nn(-c2ccccc2)c(C)c1N1CCN(CC(=O)Nc2ccc(Br)cc2)CC1. The summed E-state index contributed by atoms with van der Waals surface area (Å²) in [7, 11) is 0. The number of para-hydroxylation sites is 1. The lowest BCUT2D eigenvalue weighted by Crippen LogP contribution is -2.49. The summed E-state index contributed by atoms with van der Waals surface area (Å²) >= 11 is 3.41. The van der Waals surface area contributed by atoms with Gasteiger partial charge in [-0.1, -0.05) is 34.1 Å². The van der Waals surface area contributed by atoms with Crippen LogP contribution in [0.2, 0.25) is 0 Å². The Balaban J connectivity index is 1.36. The van der Waals surface area contributed by atoms with Crippen molar-refractivity contribution in [3.05, 3.63) is 70.5 Å². The molecule has 0 saturated carbocycles. The van der Waals surface area contributed by atoms with Gasteiger partial charge >= 0.3 is 0 Å². The minimum atomic E-state index is 0.0232. The minimum Gasteiger partial charge on any atom is -0.366 e. The molecule has 2 aromatic carbocycles. The van der Waals surface area contributed by atoms with E-state index in [-0.39, 0.29) is 5.91 Å². The fourth-order valence-corrected chi connectivity index (χ4v) is 4.24. The monoisotopic (exact) mass is 467 g/mol. The van der Waals surface area contributed by atoms with E-state index < -0.39 is 0 Å². The normalized spacial score (nSPS) is 14.7. The number of hydrogen-bond donors (Lipinski definition) is 1. The third-order valence-corrected chi connectivity index (χ3v) is 5.97. The molecule has 1 N–H and O–H groups in total. The highest BCUT2D eigenvalue weighted by Crippen LogP contribution is 2.27. The second-order valence-corrected chi connectivity index (χ2v) is 8.50. The van der Waals surface area contributed by atoms with Crippen molar-refractivity contribution in [1.82, 2.24) is 14.7 Å². The number of benzene rings is 2. The van der Waals surface area contributed by atoms with E-state index in [1.54, 1.807) is 0 Å². The maximum absolute atomic E-state index is 12.4. The van der Waals surface area contributed by atoms with Crippen LogP contribution in [0.5, 0.6) is 0 Å². The summed E-state index contributed by atoms with van der Waals surface area (Å²) in [5.74, 6) is 0.0232. The van der Waals surface area contributed by atoms with E-state index in [0.717, 1.165) is 53.4 Å². The van der Waals surface area contributed by atoms with Crippen molar-refractivity contribution >= 4 is 33.2 Å². The van der Waals surface area contributed by atoms with Crippen molar-refractivity contribution in [2.75, 3.05) is 42.9 Å². The second-order valence-electron chi connectivity index (χ2n) is 7.59. The lowest BCUT2D eigenvalue weighted by Gasteiger charge is -2.35. The van der Waals surface area contributed by atoms with E-state index in [1.807, 2.05) is 47.1 Å². The minimum absolute atomic E-state index is 0.0232. The molecule has 30 heavy (non-hydrogen) atoms. The van der Waals surface area contributed by atoms with Crippen LogP contribution in [-0.4, -0.2) is 53.3 Å². The highest BCUT2D eigenvalue weighted by atomic mass is 79.9. The number of hydrogen-bond acceptors (Lipinski definition) is 4. The first-order valence-corrected chi connectivity index (χ1v) is 10.9. The van der Waals surface area contributed by atoms with Crippen LogP contribution in [0, 0.1) is 13.8 Å². The Morgan fingerprint density at radius 3 is 2.33 bits per heavy atom. The number of piperazine rings is 1. The first-order chi connectivity index (χ1) is 14.5. The van der Waals surface area contributed by atoms with Crippen LogP contribution in [0.25, 0.3) is 5.69 Å². The molecule has 0 unspecified atom stereocenters. The first-order valence-electron chi connectivity index (χ1n) is 10.2. The summed E-state index contributed by atoms with van der Waals surface area (Å²) in [6.07, 6.45) is 0. The third-order valence-electron chi connectivity index (χ3n) is 5.44. The van der Waals surface area contributed by atoms with Gasteiger partial charge in [-0.3, -0.25) is 9.69 Å². The van der Waals surface area contributed by atoms with Gasteiger partial charge in [0.1, 0.15) is 0 Å². The zero-order chi connectivity index (χ0) is 21.1. The van der Waals surface area contributed by atoms with Crippen molar-refractivity contribution in [3.8, 4) is 5.69 Å². The Morgan fingerprint density at radius 2 is 1.67 bits per heavy atom. The average molecular weight is 468 g/mol. The molecule has 3 aromatic rings. The molecule has 1 aliphatic rings. The maximum atomic E-state index is 12.4. The molecule has 0 spiro atoms. The van der Waals surface area contributed by atoms with E-state index in [1.165, 1.54) is 5.69 Å². The Hall–Kier alpha value is -2.64. The van der Waals surface area contributed by atoms with Crippen molar-refractivity contribution in [2.45, 2.75) is 13.8 Å². The summed E-state index contributed by atoms with van der Waals surface area (Å²) in [6.45, 7) is 8.07. The van der Waals surface area contributed by atoms with Gasteiger partial charge in [0.25, 0.3) is 0 Å². The van der Waals surface area contributed by atoms with Gasteiger partial charge in [-0.25, -0.2) is 4.68 Å². The first kappa shape index (κ1) is 20.6. The number of rotatable bonds is 5. The molecule has 0 bridgehead atoms. The Kier molecular flexibility index (Phi) is 6.20. The maximum Gasteiger partial charge on any atom is 0.238 e.